The van der Waals surface area contributed by atoms with Crippen molar-refractivity contribution in [2.45, 2.75) is 51.7 Å². The summed E-state index contributed by atoms with van der Waals surface area (Å²) in [6.45, 7) is 1.10. The first-order valence-electron chi connectivity index (χ1n) is 12.9. The zero-order chi connectivity index (χ0) is 26.1. The van der Waals surface area contributed by atoms with Crippen LogP contribution in [0.2, 0.25) is 0 Å². The number of hydrogen-bond donors (Lipinski definition) is 1. The van der Waals surface area contributed by atoms with E-state index in [1.165, 1.54) is 18.2 Å². The van der Waals surface area contributed by atoms with Gasteiger partial charge in [0.2, 0.25) is 11.8 Å². The lowest BCUT2D eigenvalue weighted by molar-refractivity contribution is -0.132. The van der Waals surface area contributed by atoms with Gasteiger partial charge in [0, 0.05) is 37.7 Å². The molecular weight excluding hydrogens is 522 g/mol. The largest absolute Gasteiger partial charge is 0.489 e. The maximum absolute atomic E-state index is 13.5. The Bertz CT molecular complexity index is 1150. The van der Waals surface area contributed by atoms with Gasteiger partial charge in [0.25, 0.3) is 5.91 Å². The van der Waals surface area contributed by atoms with E-state index in [2.05, 4.69) is 9.72 Å². The van der Waals surface area contributed by atoms with Crippen LogP contribution >= 0.6 is 12.4 Å². The third-order valence-corrected chi connectivity index (χ3v) is 6.87. The van der Waals surface area contributed by atoms with E-state index in [4.69, 9.17) is 14.9 Å². The van der Waals surface area contributed by atoms with Gasteiger partial charge in [-0.15, -0.1) is 12.4 Å². The highest BCUT2D eigenvalue weighted by Gasteiger charge is 2.35. The molecule has 3 fully saturated rings. The van der Waals surface area contributed by atoms with Crippen LogP contribution in [0.4, 0.5) is 8.78 Å². The van der Waals surface area contributed by atoms with Crippen molar-refractivity contribution in [3.8, 4) is 23.0 Å². The smallest absolute Gasteiger partial charge is 0.387 e. The van der Waals surface area contributed by atoms with Crippen molar-refractivity contribution < 1.29 is 32.3 Å². The van der Waals surface area contributed by atoms with Gasteiger partial charge in [0.1, 0.15) is 0 Å². The number of nitrogens with zero attached hydrogens (tertiary/aromatic N) is 3. The number of hydrogen-bond acceptors (Lipinski definition) is 7. The summed E-state index contributed by atoms with van der Waals surface area (Å²) in [5.41, 5.74) is 6.68. The molecule has 2 amide bonds. The molecule has 3 aliphatic rings. The SMILES string of the molecule is C[C@H](N)c1oc(-c2ccc(OC(F)F)c(OCC3CC3)c2)nc1C(=O)N1CCCN(C(=O)C2CC2)CC1.Cl. The van der Waals surface area contributed by atoms with Gasteiger partial charge in [-0.2, -0.15) is 8.78 Å². The van der Waals surface area contributed by atoms with E-state index in [-0.39, 0.29) is 59.0 Å². The van der Waals surface area contributed by atoms with E-state index in [0.29, 0.717) is 50.7 Å². The lowest BCUT2D eigenvalue weighted by atomic mass is 10.2. The number of carbonyl (C=O) groups excluding carboxylic acids is 2. The van der Waals surface area contributed by atoms with Crippen molar-refractivity contribution in [2.75, 3.05) is 32.8 Å². The van der Waals surface area contributed by atoms with Crippen LogP contribution < -0.4 is 15.2 Å². The van der Waals surface area contributed by atoms with Gasteiger partial charge in [-0.1, -0.05) is 0 Å². The Morgan fingerprint density at radius 3 is 2.47 bits per heavy atom. The van der Waals surface area contributed by atoms with Gasteiger partial charge in [-0.3, -0.25) is 9.59 Å². The van der Waals surface area contributed by atoms with Crippen molar-refractivity contribution in [1.82, 2.24) is 14.8 Å². The predicted molar refractivity (Wildman–Crippen MR) is 136 cm³/mol. The third-order valence-electron chi connectivity index (χ3n) is 6.87. The number of amides is 2. The summed E-state index contributed by atoms with van der Waals surface area (Å²) < 4.78 is 42.1. The van der Waals surface area contributed by atoms with Crippen molar-refractivity contribution in [2.24, 2.45) is 17.6 Å². The Hall–Kier alpha value is -2.92. The number of halogens is 3. The van der Waals surface area contributed by atoms with Gasteiger partial charge < -0.3 is 29.4 Å². The second kappa shape index (κ2) is 11.9. The maximum atomic E-state index is 13.5. The fourth-order valence-electron chi connectivity index (χ4n) is 4.44. The van der Waals surface area contributed by atoms with Gasteiger partial charge in [0.05, 0.1) is 12.6 Å². The molecule has 1 aromatic carbocycles. The Kier molecular flexibility index (Phi) is 8.77. The normalized spacial score (nSPS) is 18.6. The molecule has 2 N–H and O–H groups in total. The van der Waals surface area contributed by atoms with E-state index in [9.17, 15) is 18.4 Å². The molecule has 208 valence electrons. The zero-order valence-corrected chi connectivity index (χ0v) is 22.1. The monoisotopic (exact) mass is 554 g/mol. The number of benzene rings is 1. The summed E-state index contributed by atoms with van der Waals surface area (Å²) in [5.74, 6) is 0.859. The van der Waals surface area contributed by atoms with Crippen LogP contribution in [0, 0.1) is 11.8 Å². The minimum Gasteiger partial charge on any atom is -0.489 e. The van der Waals surface area contributed by atoms with Crippen LogP contribution in [0.1, 0.15) is 61.3 Å². The number of carbonyl (C=O) groups is 2. The molecule has 0 bridgehead atoms. The molecular formula is C26H33ClF2N4O5. The van der Waals surface area contributed by atoms with E-state index >= 15 is 0 Å². The highest BCUT2D eigenvalue weighted by molar-refractivity contribution is 5.94. The van der Waals surface area contributed by atoms with Crippen LogP contribution in [0.15, 0.2) is 22.6 Å². The highest BCUT2D eigenvalue weighted by atomic mass is 35.5. The first-order valence-corrected chi connectivity index (χ1v) is 12.9. The molecule has 12 heteroatoms. The molecule has 1 saturated heterocycles. The number of aromatic nitrogens is 1. The topological polar surface area (TPSA) is 111 Å². The number of alkyl halides is 2. The minimum atomic E-state index is -2.99. The van der Waals surface area contributed by atoms with Crippen molar-refractivity contribution in [3.63, 3.8) is 0 Å². The predicted octanol–water partition coefficient (Wildman–Crippen LogP) is 4.26. The zero-order valence-electron chi connectivity index (χ0n) is 21.2. The van der Waals surface area contributed by atoms with E-state index in [1.54, 1.807) is 11.8 Å². The van der Waals surface area contributed by atoms with E-state index < -0.39 is 12.7 Å². The van der Waals surface area contributed by atoms with E-state index in [1.807, 2.05) is 4.90 Å². The Morgan fingerprint density at radius 1 is 1.11 bits per heavy atom. The average Bonchev–Trinajstić information content (AvgIpc) is 3.78. The Balaban J connectivity index is 0.00000336. The molecule has 0 radical (unpaired) electrons. The summed E-state index contributed by atoms with van der Waals surface area (Å²) in [5, 5.41) is 0. The average molecular weight is 555 g/mol. The summed E-state index contributed by atoms with van der Waals surface area (Å²) in [6, 6.07) is 3.83. The summed E-state index contributed by atoms with van der Waals surface area (Å²) in [7, 11) is 0. The Morgan fingerprint density at radius 2 is 1.82 bits per heavy atom. The quantitative estimate of drug-likeness (QED) is 0.493. The summed E-state index contributed by atoms with van der Waals surface area (Å²) in [6.07, 6.45) is 4.64. The fourth-order valence-corrected chi connectivity index (χ4v) is 4.44. The van der Waals surface area contributed by atoms with Gasteiger partial charge in [-0.25, -0.2) is 4.98 Å². The molecule has 2 heterocycles. The molecule has 2 aromatic rings. The van der Waals surface area contributed by atoms with Crippen LogP contribution in [0.25, 0.3) is 11.5 Å². The molecule has 5 rings (SSSR count). The molecule has 2 aliphatic carbocycles. The standard InChI is InChI=1S/C26H32F2N4O5.ClH/c1-15(29)22-21(25(34)32-10-2-9-31(11-12-32)24(33)17-5-6-17)30-23(37-22)18-7-8-19(36-26(27)28)20(13-18)35-14-16-3-4-16;/h7-8,13,15-17,26H,2-6,9-12,14,29H2,1H3;1H/t15-;/m0./s1. The number of rotatable bonds is 9. The molecule has 2 saturated carbocycles. The second-order valence-corrected chi connectivity index (χ2v) is 10.1. The second-order valence-electron chi connectivity index (χ2n) is 10.1. The van der Waals surface area contributed by atoms with Gasteiger partial charge >= 0.3 is 6.61 Å². The first-order chi connectivity index (χ1) is 17.8. The van der Waals surface area contributed by atoms with Crippen LogP contribution in [-0.2, 0) is 4.79 Å². The van der Waals surface area contributed by atoms with Gasteiger partial charge in [0.15, 0.2) is 23.0 Å². The molecule has 0 unspecified atom stereocenters. The lowest BCUT2D eigenvalue weighted by Gasteiger charge is -2.22. The number of oxazole rings is 1. The number of ether oxygens (including phenoxy) is 2. The van der Waals surface area contributed by atoms with E-state index in [0.717, 1.165) is 25.7 Å². The first kappa shape index (κ1) is 28.1. The van der Waals surface area contributed by atoms with Gasteiger partial charge in [-0.05, 0) is 63.1 Å². The lowest BCUT2D eigenvalue weighted by Crippen LogP contribution is -2.38. The summed E-state index contributed by atoms with van der Waals surface area (Å²) >= 11 is 0. The fraction of sp³-hybridized carbons (Fsp3) is 0.577. The molecule has 9 nitrogen and oxygen atoms in total. The number of nitrogens with two attached hydrogens (primary N) is 1. The molecule has 38 heavy (non-hydrogen) atoms. The molecule has 1 aromatic heterocycles. The van der Waals surface area contributed by atoms with Crippen molar-refractivity contribution in [1.29, 1.82) is 0 Å². The maximum Gasteiger partial charge on any atom is 0.387 e. The van der Waals surface area contributed by atoms with Crippen molar-refractivity contribution >= 4 is 24.2 Å². The van der Waals surface area contributed by atoms with Crippen LogP contribution in [0.3, 0.4) is 0 Å². The Labute approximate surface area is 226 Å². The molecule has 1 aliphatic heterocycles. The summed E-state index contributed by atoms with van der Waals surface area (Å²) in [4.78, 5) is 34.0. The van der Waals surface area contributed by atoms with Crippen molar-refractivity contribution in [3.05, 3.63) is 29.7 Å². The third kappa shape index (κ3) is 6.55. The minimum absolute atomic E-state index is 0. The molecule has 0 spiro atoms. The van der Waals surface area contributed by atoms with Crippen LogP contribution in [0.5, 0.6) is 11.5 Å². The molecule has 1 atom stereocenters. The van der Waals surface area contributed by atoms with Crippen LogP contribution in [-0.4, -0.2) is 66.0 Å². The highest BCUT2D eigenvalue weighted by Crippen LogP contribution is 2.37.